The van der Waals surface area contributed by atoms with Crippen LogP contribution in [-0.4, -0.2) is 21.8 Å². The molecular weight excluding hydrogens is 180 g/mol. The third-order valence-electron chi connectivity index (χ3n) is 2.13. The Hall–Kier alpha value is -1.35. The van der Waals surface area contributed by atoms with Gasteiger partial charge in [0.2, 0.25) is 0 Å². The predicted octanol–water partition coefficient (Wildman–Crippen LogP) is 1.37. The van der Waals surface area contributed by atoms with E-state index in [-0.39, 0.29) is 6.42 Å². The number of aryl methyl sites for hydroxylation is 1. The fourth-order valence-corrected chi connectivity index (χ4v) is 1.18. The molecule has 0 aliphatic rings. The van der Waals surface area contributed by atoms with Crippen LogP contribution in [0, 0.1) is 6.92 Å². The Morgan fingerprint density at radius 1 is 1.36 bits per heavy atom. The van der Waals surface area contributed by atoms with Gasteiger partial charge in [0.15, 0.2) is 5.60 Å². The van der Waals surface area contributed by atoms with Crippen molar-refractivity contribution >= 4 is 5.97 Å². The predicted molar refractivity (Wildman–Crippen MR) is 53.1 cm³/mol. The zero-order valence-corrected chi connectivity index (χ0v) is 8.32. The van der Waals surface area contributed by atoms with Crippen molar-refractivity contribution in [2.75, 3.05) is 0 Å². The molecule has 0 heterocycles. The molecule has 1 atom stereocenters. The third kappa shape index (κ3) is 2.57. The van der Waals surface area contributed by atoms with Crippen LogP contribution < -0.4 is 0 Å². The van der Waals surface area contributed by atoms with Gasteiger partial charge in [-0.3, -0.25) is 0 Å². The van der Waals surface area contributed by atoms with Crippen LogP contribution in [-0.2, 0) is 11.2 Å². The van der Waals surface area contributed by atoms with Crippen molar-refractivity contribution in [2.45, 2.75) is 25.9 Å². The molecule has 0 bridgehead atoms. The minimum Gasteiger partial charge on any atom is -0.479 e. The Morgan fingerprint density at radius 3 is 2.29 bits per heavy atom. The molecule has 3 nitrogen and oxygen atoms in total. The average Bonchev–Trinajstić information content (AvgIpc) is 2.08. The molecule has 3 heteroatoms. The number of aliphatic carboxylic acids is 1. The fraction of sp³-hybridized carbons (Fsp3) is 0.364. The van der Waals surface area contributed by atoms with E-state index in [0.29, 0.717) is 0 Å². The van der Waals surface area contributed by atoms with E-state index in [9.17, 15) is 9.90 Å². The molecule has 1 rings (SSSR count). The lowest BCUT2D eigenvalue weighted by atomic mass is 9.96. The Kier molecular flexibility index (Phi) is 2.91. The summed E-state index contributed by atoms with van der Waals surface area (Å²) in [6.45, 7) is 3.26. The molecule has 1 aromatic carbocycles. The third-order valence-corrected chi connectivity index (χ3v) is 2.13. The number of aliphatic hydroxyl groups is 1. The van der Waals surface area contributed by atoms with Crippen molar-refractivity contribution in [1.82, 2.24) is 0 Å². The lowest BCUT2D eigenvalue weighted by molar-refractivity contribution is -0.156. The normalized spacial score (nSPS) is 14.8. The average molecular weight is 194 g/mol. The maximum atomic E-state index is 10.6. The van der Waals surface area contributed by atoms with E-state index >= 15 is 0 Å². The van der Waals surface area contributed by atoms with Crippen molar-refractivity contribution in [3.05, 3.63) is 35.4 Å². The van der Waals surface area contributed by atoms with Crippen molar-refractivity contribution in [3.8, 4) is 0 Å². The molecule has 14 heavy (non-hydrogen) atoms. The minimum atomic E-state index is -1.69. The van der Waals surface area contributed by atoms with E-state index in [1.807, 2.05) is 31.2 Å². The Morgan fingerprint density at radius 2 is 1.86 bits per heavy atom. The van der Waals surface area contributed by atoms with Crippen LogP contribution in [0.1, 0.15) is 18.1 Å². The first-order valence-electron chi connectivity index (χ1n) is 4.43. The van der Waals surface area contributed by atoms with Crippen molar-refractivity contribution in [1.29, 1.82) is 0 Å². The SMILES string of the molecule is Cc1ccc(C[C@@](C)(O)C(=O)O)cc1. The summed E-state index contributed by atoms with van der Waals surface area (Å²) in [4.78, 5) is 10.6. The van der Waals surface area contributed by atoms with Crippen LogP contribution in [0.4, 0.5) is 0 Å². The highest BCUT2D eigenvalue weighted by atomic mass is 16.4. The van der Waals surface area contributed by atoms with Gasteiger partial charge in [0, 0.05) is 6.42 Å². The summed E-state index contributed by atoms with van der Waals surface area (Å²) in [5.74, 6) is -1.20. The quantitative estimate of drug-likeness (QED) is 0.764. The van der Waals surface area contributed by atoms with Crippen molar-refractivity contribution in [3.63, 3.8) is 0 Å². The summed E-state index contributed by atoms with van der Waals surface area (Å²) < 4.78 is 0. The number of carboxylic acid groups (broad SMARTS) is 1. The Labute approximate surface area is 83.0 Å². The topological polar surface area (TPSA) is 57.5 Å². The fourth-order valence-electron chi connectivity index (χ4n) is 1.18. The van der Waals surface area contributed by atoms with Gasteiger partial charge in [-0.2, -0.15) is 0 Å². The number of rotatable bonds is 3. The zero-order chi connectivity index (χ0) is 10.8. The molecule has 0 unspecified atom stereocenters. The maximum Gasteiger partial charge on any atom is 0.335 e. The van der Waals surface area contributed by atoms with Crippen molar-refractivity contribution in [2.24, 2.45) is 0 Å². The summed E-state index contributed by atoms with van der Waals surface area (Å²) in [5.41, 5.74) is 0.252. The van der Waals surface area contributed by atoms with Crippen LogP contribution in [0.2, 0.25) is 0 Å². The van der Waals surface area contributed by atoms with E-state index in [1.165, 1.54) is 6.92 Å². The van der Waals surface area contributed by atoms with Crippen molar-refractivity contribution < 1.29 is 15.0 Å². The molecule has 0 radical (unpaired) electrons. The second-order valence-corrected chi connectivity index (χ2v) is 3.74. The molecule has 0 fully saturated rings. The molecule has 0 amide bonds. The molecule has 2 N–H and O–H groups in total. The van der Waals surface area contributed by atoms with E-state index in [2.05, 4.69) is 0 Å². The van der Waals surface area contributed by atoms with Crippen LogP contribution in [0.25, 0.3) is 0 Å². The van der Waals surface area contributed by atoms with E-state index in [4.69, 9.17) is 5.11 Å². The summed E-state index contributed by atoms with van der Waals surface area (Å²) in [7, 11) is 0. The van der Waals surface area contributed by atoms with Gasteiger partial charge in [0.25, 0.3) is 0 Å². The molecule has 0 aliphatic carbocycles. The largest absolute Gasteiger partial charge is 0.479 e. The number of carboxylic acids is 1. The van der Waals surface area contributed by atoms with Gasteiger partial charge >= 0.3 is 5.97 Å². The van der Waals surface area contributed by atoms with Gasteiger partial charge in [-0.15, -0.1) is 0 Å². The number of hydrogen-bond donors (Lipinski definition) is 2. The highest BCUT2D eigenvalue weighted by molar-refractivity contribution is 5.76. The van der Waals surface area contributed by atoms with Crippen LogP contribution in [0.5, 0.6) is 0 Å². The zero-order valence-electron chi connectivity index (χ0n) is 8.32. The lowest BCUT2D eigenvalue weighted by Gasteiger charge is -2.17. The maximum absolute atomic E-state index is 10.6. The first kappa shape index (κ1) is 10.7. The molecule has 0 saturated carbocycles. The lowest BCUT2D eigenvalue weighted by Crippen LogP contribution is -2.37. The van der Waals surface area contributed by atoms with Crippen LogP contribution >= 0.6 is 0 Å². The minimum absolute atomic E-state index is 0.128. The first-order valence-corrected chi connectivity index (χ1v) is 4.43. The Balaban J connectivity index is 2.79. The molecule has 76 valence electrons. The number of hydrogen-bond acceptors (Lipinski definition) is 2. The molecule has 0 aromatic heterocycles. The summed E-state index contributed by atoms with van der Waals surface area (Å²) >= 11 is 0. The second-order valence-electron chi connectivity index (χ2n) is 3.74. The van der Waals surface area contributed by atoms with Crippen LogP contribution in [0.3, 0.4) is 0 Å². The summed E-state index contributed by atoms with van der Waals surface area (Å²) in [5, 5.41) is 18.2. The van der Waals surface area contributed by atoms with E-state index in [0.717, 1.165) is 11.1 Å². The highest BCUT2D eigenvalue weighted by Crippen LogP contribution is 2.13. The van der Waals surface area contributed by atoms with Gasteiger partial charge < -0.3 is 10.2 Å². The highest BCUT2D eigenvalue weighted by Gasteiger charge is 2.29. The molecular formula is C11H14O3. The Bertz CT molecular complexity index is 325. The first-order chi connectivity index (χ1) is 6.42. The van der Waals surface area contributed by atoms with Crippen LogP contribution in [0.15, 0.2) is 24.3 Å². The summed E-state index contributed by atoms with van der Waals surface area (Å²) in [6.07, 6.45) is 0.128. The smallest absolute Gasteiger partial charge is 0.335 e. The molecule has 0 saturated heterocycles. The van der Waals surface area contributed by atoms with E-state index in [1.54, 1.807) is 0 Å². The second kappa shape index (κ2) is 3.80. The number of carbonyl (C=O) groups is 1. The van der Waals surface area contributed by atoms with Gasteiger partial charge in [-0.25, -0.2) is 4.79 Å². The summed E-state index contributed by atoms with van der Waals surface area (Å²) in [6, 6.07) is 7.44. The monoisotopic (exact) mass is 194 g/mol. The molecule has 1 aromatic rings. The van der Waals surface area contributed by atoms with Gasteiger partial charge in [0.05, 0.1) is 0 Å². The molecule has 0 aliphatic heterocycles. The standard InChI is InChI=1S/C11H14O3/c1-8-3-5-9(6-4-8)7-11(2,14)10(12)13/h3-6,14H,7H2,1-2H3,(H,12,13)/t11-/m1/s1. The van der Waals surface area contributed by atoms with Gasteiger partial charge in [-0.1, -0.05) is 29.8 Å². The van der Waals surface area contributed by atoms with E-state index < -0.39 is 11.6 Å². The molecule has 0 spiro atoms. The number of benzene rings is 1. The van der Waals surface area contributed by atoms with Gasteiger partial charge in [-0.05, 0) is 19.4 Å². The van der Waals surface area contributed by atoms with Gasteiger partial charge in [0.1, 0.15) is 0 Å².